The molecule has 5 nitrogen and oxygen atoms in total. The van der Waals surface area contributed by atoms with Gasteiger partial charge in [-0.15, -0.1) is 0 Å². The van der Waals surface area contributed by atoms with E-state index in [4.69, 9.17) is 0 Å². The summed E-state index contributed by atoms with van der Waals surface area (Å²) in [7, 11) is 0. The van der Waals surface area contributed by atoms with Crippen molar-refractivity contribution >= 4 is 17.7 Å². The van der Waals surface area contributed by atoms with Crippen molar-refractivity contribution in [1.82, 2.24) is 4.90 Å². The van der Waals surface area contributed by atoms with Crippen molar-refractivity contribution in [2.45, 2.75) is 38.8 Å². The lowest BCUT2D eigenvalue weighted by molar-refractivity contribution is -0.117. The first kappa shape index (κ1) is 14.4. The largest absolute Gasteiger partial charge is 0.465 e. The zero-order valence-electron chi connectivity index (χ0n) is 12.0. The molecule has 0 saturated carbocycles. The normalized spacial score (nSPS) is 19.2. The lowest BCUT2D eigenvalue weighted by Gasteiger charge is -2.37. The molecule has 1 N–H and O–H groups in total. The van der Waals surface area contributed by atoms with Crippen molar-refractivity contribution in [1.29, 1.82) is 0 Å². The van der Waals surface area contributed by atoms with E-state index in [1.165, 1.54) is 4.90 Å². The summed E-state index contributed by atoms with van der Waals surface area (Å²) >= 11 is 0. The standard InChI is InChI=1S/C15H20N2O3/c1-15(2,3)17(14(19)20)12-9-13(18)16(10-12)11-7-5-4-6-8-11/h4-8,12H,9-10H2,1-3H3,(H,19,20)/t12-/m0/s1. The first-order chi connectivity index (χ1) is 9.30. The molecule has 1 aliphatic heterocycles. The van der Waals surface area contributed by atoms with E-state index in [1.54, 1.807) is 4.90 Å². The molecule has 1 aromatic rings. The zero-order valence-corrected chi connectivity index (χ0v) is 12.0. The molecule has 0 bridgehead atoms. The molecule has 108 valence electrons. The van der Waals surface area contributed by atoms with Crippen LogP contribution >= 0.6 is 0 Å². The number of carbonyl (C=O) groups excluding carboxylic acids is 1. The fourth-order valence-electron chi connectivity index (χ4n) is 2.71. The third-order valence-electron chi connectivity index (χ3n) is 3.47. The number of amides is 2. The van der Waals surface area contributed by atoms with E-state index in [0.29, 0.717) is 6.54 Å². The Morgan fingerprint density at radius 2 is 1.90 bits per heavy atom. The zero-order chi connectivity index (χ0) is 14.9. The Balaban J connectivity index is 2.22. The minimum absolute atomic E-state index is 0.0308. The summed E-state index contributed by atoms with van der Waals surface area (Å²) < 4.78 is 0. The highest BCUT2D eigenvalue weighted by Crippen LogP contribution is 2.28. The van der Waals surface area contributed by atoms with Crippen LogP contribution < -0.4 is 4.90 Å². The van der Waals surface area contributed by atoms with Gasteiger partial charge in [-0.2, -0.15) is 0 Å². The average molecular weight is 276 g/mol. The minimum Gasteiger partial charge on any atom is -0.465 e. The molecule has 1 heterocycles. The van der Waals surface area contributed by atoms with Crippen molar-refractivity contribution in [3.05, 3.63) is 30.3 Å². The van der Waals surface area contributed by atoms with Crippen LogP contribution in [0.2, 0.25) is 0 Å². The van der Waals surface area contributed by atoms with Gasteiger partial charge in [-0.3, -0.25) is 9.69 Å². The van der Waals surface area contributed by atoms with Gasteiger partial charge in [0.05, 0.1) is 6.04 Å². The molecular formula is C15H20N2O3. The summed E-state index contributed by atoms with van der Waals surface area (Å²) in [6, 6.07) is 9.05. The Labute approximate surface area is 118 Å². The van der Waals surface area contributed by atoms with E-state index in [2.05, 4.69) is 0 Å². The number of hydrogen-bond donors (Lipinski definition) is 1. The van der Waals surface area contributed by atoms with Crippen molar-refractivity contribution in [2.24, 2.45) is 0 Å². The van der Waals surface area contributed by atoms with Crippen LogP contribution in [0.5, 0.6) is 0 Å². The Morgan fingerprint density at radius 3 is 2.40 bits per heavy atom. The number of rotatable bonds is 2. The quantitative estimate of drug-likeness (QED) is 0.903. The van der Waals surface area contributed by atoms with Crippen LogP contribution in [0.4, 0.5) is 10.5 Å². The molecule has 0 spiro atoms. The monoisotopic (exact) mass is 276 g/mol. The third-order valence-corrected chi connectivity index (χ3v) is 3.47. The molecule has 1 aliphatic rings. The average Bonchev–Trinajstić information content (AvgIpc) is 2.69. The number of carbonyl (C=O) groups is 2. The van der Waals surface area contributed by atoms with Gasteiger partial charge in [0, 0.05) is 24.2 Å². The van der Waals surface area contributed by atoms with Crippen LogP contribution in [0.15, 0.2) is 30.3 Å². The summed E-state index contributed by atoms with van der Waals surface area (Å²) in [6.45, 7) is 5.94. The lowest BCUT2D eigenvalue weighted by atomic mass is 10.0. The summed E-state index contributed by atoms with van der Waals surface area (Å²) in [5, 5.41) is 9.41. The molecule has 0 aliphatic carbocycles. The SMILES string of the molecule is CC(C)(C)N(C(=O)O)[C@H]1CC(=O)N(c2ccccc2)C1. The number of nitrogens with zero attached hydrogens (tertiary/aromatic N) is 2. The van der Waals surface area contributed by atoms with Gasteiger partial charge in [-0.05, 0) is 32.9 Å². The van der Waals surface area contributed by atoms with Crippen LogP contribution in [0.25, 0.3) is 0 Å². The predicted molar refractivity (Wildman–Crippen MR) is 76.8 cm³/mol. The van der Waals surface area contributed by atoms with Gasteiger partial charge in [-0.25, -0.2) is 4.79 Å². The Bertz CT molecular complexity index is 508. The molecule has 1 atom stereocenters. The molecule has 2 rings (SSSR count). The van der Waals surface area contributed by atoms with Crippen LogP contribution in [-0.2, 0) is 4.79 Å². The lowest BCUT2D eigenvalue weighted by Crippen LogP contribution is -2.52. The third kappa shape index (κ3) is 2.76. The van der Waals surface area contributed by atoms with Gasteiger partial charge < -0.3 is 10.0 Å². The summed E-state index contributed by atoms with van der Waals surface area (Å²) in [5.41, 5.74) is 0.294. The van der Waals surface area contributed by atoms with E-state index in [0.717, 1.165) is 5.69 Å². The Morgan fingerprint density at radius 1 is 1.30 bits per heavy atom. The molecule has 0 unspecified atom stereocenters. The van der Waals surface area contributed by atoms with Crippen molar-refractivity contribution in [3.8, 4) is 0 Å². The highest BCUT2D eigenvalue weighted by atomic mass is 16.4. The Hall–Kier alpha value is -2.04. The van der Waals surface area contributed by atoms with E-state index < -0.39 is 11.6 Å². The van der Waals surface area contributed by atoms with E-state index in [9.17, 15) is 14.7 Å². The Kier molecular flexibility index (Phi) is 3.70. The summed E-state index contributed by atoms with van der Waals surface area (Å²) in [5.74, 6) is -0.0308. The van der Waals surface area contributed by atoms with Gasteiger partial charge in [-0.1, -0.05) is 18.2 Å². The maximum atomic E-state index is 12.1. The fraction of sp³-hybridized carbons (Fsp3) is 0.467. The summed E-state index contributed by atoms with van der Waals surface area (Å²) in [6.07, 6.45) is -0.747. The van der Waals surface area contributed by atoms with Crippen LogP contribution in [0.1, 0.15) is 27.2 Å². The maximum absolute atomic E-state index is 12.1. The van der Waals surface area contributed by atoms with Gasteiger partial charge in [0.15, 0.2) is 0 Å². The molecule has 1 fully saturated rings. The second-order valence-corrected chi connectivity index (χ2v) is 6.02. The number of hydrogen-bond acceptors (Lipinski definition) is 2. The van der Waals surface area contributed by atoms with Gasteiger partial charge in [0.2, 0.25) is 5.91 Å². The van der Waals surface area contributed by atoms with Crippen LogP contribution in [-0.4, -0.2) is 40.1 Å². The molecule has 1 aromatic carbocycles. The molecule has 20 heavy (non-hydrogen) atoms. The van der Waals surface area contributed by atoms with Crippen LogP contribution in [0, 0.1) is 0 Å². The van der Waals surface area contributed by atoms with E-state index >= 15 is 0 Å². The second kappa shape index (κ2) is 5.15. The second-order valence-electron chi connectivity index (χ2n) is 6.02. The highest BCUT2D eigenvalue weighted by Gasteiger charge is 2.41. The fourth-order valence-corrected chi connectivity index (χ4v) is 2.71. The molecule has 1 saturated heterocycles. The molecule has 0 radical (unpaired) electrons. The highest BCUT2D eigenvalue weighted by molar-refractivity contribution is 5.96. The maximum Gasteiger partial charge on any atom is 0.408 e. The number of para-hydroxylation sites is 1. The first-order valence-electron chi connectivity index (χ1n) is 6.68. The van der Waals surface area contributed by atoms with Crippen LogP contribution in [0.3, 0.4) is 0 Å². The van der Waals surface area contributed by atoms with Crippen molar-refractivity contribution < 1.29 is 14.7 Å². The number of carboxylic acid groups (broad SMARTS) is 1. The number of benzene rings is 1. The van der Waals surface area contributed by atoms with Gasteiger partial charge >= 0.3 is 6.09 Å². The van der Waals surface area contributed by atoms with Gasteiger partial charge in [0.25, 0.3) is 0 Å². The molecule has 0 aromatic heterocycles. The topological polar surface area (TPSA) is 60.9 Å². The van der Waals surface area contributed by atoms with Gasteiger partial charge in [0.1, 0.15) is 0 Å². The molecular weight excluding hydrogens is 256 g/mol. The summed E-state index contributed by atoms with van der Waals surface area (Å²) in [4.78, 5) is 26.7. The smallest absolute Gasteiger partial charge is 0.408 e. The molecule has 2 amide bonds. The van der Waals surface area contributed by atoms with E-state index in [-0.39, 0.29) is 18.4 Å². The van der Waals surface area contributed by atoms with Crippen molar-refractivity contribution in [2.75, 3.05) is 11.4 Å². The van der Waals surface area contributed by atoms with E-state index in [1.807, 2.05) is 51.1 Å². The minimum atomic E-state index is -0.981. The predicted octanol–water partition coefficient (Wildman–Crippen LogP) is 2.57. The van der Waals surface area contributed by atoms with Crippen molar-refractivity contribution in [3.63, 3.8) is 0 Å². The number of anilines is 1. The molecule has 5 heteroatoms. The first-order valence-corrected chi connectivity index (χ1v) is 6.68.